The number of pyridine rings is 1. The van der Waals surface area contributed by atoms with Gasteiger partial charge in [-0.2, -0.15) is 13.2 Å². The molecule has 184 valence electrons. The van der Waals surface area contributed by atoms with Crippen molar-refractivity contribution in [3.05, 3.63) is 88.4 Å². The first kappa shape index (κ1) is 24.5. The highest BCUT2D eigenvalue weighted by atomic mass is 19.4. The lowest BCUT2D eigenvalue weighted by Crippen LogP contribution is -2.40. The normalized spacial score (nSPS) is 14.1. The van der Waals surface area contributed by atoms with E-state index in [1.807, 2.05) is 4.90 Å². The number of aliphatic hydroxyl groups is 1. The van der Waals surface area contributed by atoms with E-state index in [9.17, 15) is 31.1 Å². The maximum Gasteiger partial charge on any atom is 0.416 e. The fraction of sp³-hybridized carbons (Fsp3) is 0.250. The van der Waals surface area contributed by atoms with Gasteiger partial charge in [0.25, 0.3) is 5.91 Å². The quantitative estimate of drug-likeness (QED) is 0.392. The lowest BCUT2D eigenvalue weighted by molar-refractivity contribution is -0.201. The third-order valence-electron chi connectivity index (χ3n) is 5.64. The molecule has 1 aliphatic rings. The second-order valence-corrected chi connectivity index (χ2v) is 8.04. The number of carbonyl (C=O) groups excluding carboxylic acids is 1. The summed E-state index contributed by atoms with van der Waals surface area (Å²) < 4.78 is 77.9. The largest absolute Gasteiger partial charge is 0.416 e. The summed E-state index contributed by atoms with van der Waals surface area (Å²) in [6.07, 6.45) is -5.47. The SMILES string of the molecule is O=C(NC[C@H](O)C(F)(F)F)c1cccc2c1CCN2c1cc(Cc2cc(F)c(F)c(F)c2)ccn1. The van der Waals surface area contributed by atoms with Crippen molar-refractivity contribution in [3.8, 4) is 0 Å². The molecule has 0 spiro atoms. The molecule has 2 aromatic carbocycles. The van der Waals surface area contributed by atoms with Crippen molar-refractivity contribution in [1.82, 2.24) is 10.3 Å². The Kier molecular flexibility index (Phi) is 6.70. The van der Waals surface area contributed by atoms with E-state index in [2.05, 4.69) is 10.3 Å². The summed E-state index contributed by atoms with van der Waals surface area (Å²) in [5, 5.41) is 11.2. The molecule has 35 heavy (non-hydrogen) atoms. The van der Waals surface area contributed by atoms with Crippen LogP contribution in [0.3, 0.4) is 0 Å². The van der Waals surface area contributed by atoms with Crippen LogP contribution in [-0.4, -0.2) is 41.4 Å². The van der Waals surface area contributed by atoms with E-state index in [-0.39, 0.29) is 17.5 Å². The molecule has 0 aliphatic carbocycles. The van der Waals surface area contributed by atoms with Crippen LogP contribution >= 0.6 is 0 Å². The van der Waals surface area contributed by atoms with E-state index < -0.39 is 42.2 Å². The Hall–Kier alpha value is -3.60. The minimum atomic E-state index is -4.84. The summed E-state index contributed by atoms with van der Waals surface area (Å²) in [7, 11) is 0. The second-order valence-electron chi connectivity index (χ2n) is 8.04. The average Bonchev–Trinajstić information content (AvgIpc) is 3.24. The lowest BCUT2D eigenvalue weighted by atomic mass is 10.0. The van der Waals surface area contributed by atoms with Crippen molar-refractivity contribution in [2.45, 2.75) is 25.1 Å². The highest BCUT2D eigenvalue weighted by Gasteiger charge is 2.38. The molecular formula is C24H19F6N3O2. The zero-order chi connectivity index (χ0) is 25.3. The molecule has 1 aromatic heterocycles. The van der Waals surface area contributed by atoms with E-state index >= 15 is 0 Å². The number of anilines is 2. The fourth-order valence-electron chi connectivity index (χ4n) is 3.95. The van der Waals surface area contributed by atoms with E-state index in [1.54, 1.807) is 24.3 Å². The van der Waals surface area contributed by atoms with Gasteiger partial charge in [0.2, 0.25) is 0 Å². The van der Waals surface area contributed by atoms with Gasteiger partial charge in [-0.25, -0.2) is 18.2 Å². The van der Waals surface area contributed by atoms with Gasteiger partial charge in [0.1, 0.15) is 5.82 Å². The number of nitrogens with zero attached hydrogens (tertiary/aromatic N) is 2. The van der Waals surface area contributed by atoms with Gasteiger partial charge in [0, 0.05) is 24.0 Å². The molecule has 0 fully saturated rings. The van der Waals surface area contributed by atoms with Gasteiger partial charge >= 0.3 is 6.18 Å². The number of alkyl halides is 3. The Morgan fingerprint density at radius 1 is 1.09 bits per heavy atom. The molecule has 0 unspecified atom stereocenters. The standard InChI is InChI=1S/C24H19F6N3O2/c25-17-9-14(10-18(26)22(17)27)8-13-4-6-31-21(11-13)33-7-5-15-16(2-1-3-19(15)33)23(35)32-12-20(34)24(28,29)30/h1-4,6,9-11,20,34H,5,7-8,12H2,(H,32,35)/t20-/m0/s1. The molecule has 2 N–H and O–H groups in total. The Balaban J connectivity index is 1.54. The summed E-state index contributed by atoms with van der Waals surface area (Å²) in [4.78, 5) is 18.6. The number of fused-ring (bicyclic) bond motifs is 1. The highest BCUT2D eigenvalue weighted by molar-refractivity contribution is 5.98. The number of rotatable bonds is 6. The van der Waals surface area contributed by atoms with E-state index in [0.29, 0.717) is 35.6 Å². The maximum absolute atomic E-state index is 13.6. The minimum absolute atomic E-state index is 0.119. The third kappa shape index (κ3) is 5.24. The van der Waals surface area contributed by atoms with Gasteiger partial charge in [-0.3, -0.25) is 4.79 Å². The molecule has 0 saturated heterocycles. The topological polar surface area (TPSA) is 65.5 Å². The molecule has 5 nitrogen and oxygen atoms in total. The van der Waals surface area contributed by atoms with Crippen LogP contribution in [0.25, 0.3) is 0 Å². The van der Waals surface area contributed by atoms with E-state index in [4.69, 9.17) is 5.11 Å². The van der Waals surface area contributed by atoms with Crippen molar-refractivity contribution < 1.29 is 36.2 Å². The maximum atomic E-state index is 13.6. The predicted molar refractivity (Wildman–Crippen MR) is 115 cm³/mol. The Bertz CT molecular complexity index is 1240. The van der Waals surface area contributed by atoms with Gasteiger partial charge in [-0.1, -0.05) is 6.07 Å². The number of amides is 1. The van der Waals surface area contributed by atoms with Crippen molar-refractivity contribution >= 4 is 17.4 Å². The molecule has 3 aromatic rings. The number of aromatic nitrogens is 1. The highest BCUT2D eigenvalue weighted by Crippen LogP contribution is 2.36. The molecule has 1 atom stereocenters. The van der Waals surface area contributed by atoms with Crippen LogP contribution in [0.15, 0.2) is 48.7 Å². The number of nitrogens with one attached hydrogen (secondary N) is 1. The molecule has 0 saturated carbocycles. The Morgan fingerprint density at radius 2 is 1.80 bits per heavy atom. The van der Waals surface area contributed by atoms with Crippen LogP contribution in [-0.2, 0) is 12.8 Å². The average molecular weight is 495 g/mol. The lowest BCUT2D eigenvalue weighted by Gasteiger charge is -2.20. The molecule has 2 heterocycles. The van der Waals surface area contributed by atoms with Gasteiger partial charge in [-0.15, -0.1) is 0 Å². The molecule has 0 radical (unpaired) electrons. The van der Waals surface area contributed by atoms with Gasteiger partial charge < -0.3 is 15.3 Å². The van der Waals surface area contributed by atoms with E-state index in [1.165, 1.54) is 12.3 Å². The van der Waals surface area contributed by atoms with Gasteiger partial charge in [0.05, 0.1) is 6.54 Å². The molecule has 0 bridgehead atoms. The smallest absolute Gasteiger partial charge is 0.382 e. The first-order valence-electron chi connectivity index (χ1n) is 10.6. The third-order valence-corrected chi connectivity index (χ3v) is 5.64. The fourth-order valence-corrected chi connectivity index (χ4v) is 3.95. The second kappa shape index (κ2) is 9.57. The van der Waals surface area contributed by atoms with Crippen molar-refractivity contribution in [3.63, 3.8) is 0 Å². The number of halogens is 6. The van der Waals surface area contributed by atoms with Crippen LogP contribution < -0.4 is 10.2 Å². The van der Waals surface area contributed by atoms with Crippen molar-refractivity contribution in [2.75, 3.05) is 18.0 Å². The molecular weight excluding hydrogens is 476 g/mol. The number of carbonyl (C=O) groups is 1. The van der Waals surface area contributed by atoms with Crippen molar-refractivity contribution in [1.29, 1.82) is 0 Å². The van der Waals surface area contributed by atoms with Crippen molar-refractivity contribution in [2.24, 2.45) is 0 Å². The van der Waals surface area contributed by atoms with Gasteiger partial charge in [0.15, 0.2) is 23.6 Å². The summed E-state index contributed by atoms with van der Waals surface area (Å²) in [6, 6.07) is 9.99. The summed E-state index contributed by atoms with van der Waals surface area (Å²) in [6.45, 7) is -0.537. The number of aliphatic hydroxyl groups excluding tert-OH is 1. The van der Waals surface area contributed by atoms with Gasteiger partial charge in [-0.05, 0) is 65.9 Å². The zero-order valence-corrected chi connectivity index (χ0v) is 18.0. The molecule has 11 heteroatoms. The zero-order valence-electron chi connectivity index (χ0n) is 18.0. The predicted octanol–water partition coefficient (Wildman–Crippen LogP) is 4.44. The van der Waals surface area contributed by atoms with Crippen LogP contribution in [0.2, 0.25) is 0 Å². The molecule has 1 amide bonds. The van der Waals surface area contributed by atoms with Crippen LogP contribution in [0.1, 0.15) is 27.0 Å². The van der Waals surface area contributed by atoms with Crippen LogP contribution in [0, 0.1) is 17.5 Å². The summed E-state index contributed by atoms with van der Waals surface area (Å²) >= 11 is 0. The molecule has 4 rings (SSSR count). The summed E-state index contributed by atoms with van der Waals surface area (Å²) in [5.41, 5.74) is 2.33. The number of hydrogen-bond donors (Lipinski definition) is 2. The van der Waals surface area contributed by atoms with Crippen LogP contribution in [0.5, 0.6) is 0 Å². The first-order valence-corrected chi connectivity index (χ1v) is 10.6. The molecule has 1 aliphatic heterocycles. The number of benzene rings is 2. The van der Waals surface area contributed by atoms with E-state index in [0.717, 1.165) is 12.1 Å². The monoisotopic (exact) mass is 495 g/mol. The Labute approximate surface area is 196 Å². The summed E-state index contributed by atoms with van der Waals surface area (Å²) in [5.74, 6) is -4.35. The van der Waals surface area contributed by atoms with Crippen LogP contribution in [0.4, 0.5) is 37.8 Å². The minimum Gasteiger partial charge on any atom is -0.382 e. The number of hydrogen-bond acceptors (Lipinski definition) is 4. The first-order chi connectivity index (χ1) is 16.5. The Morgan fingerprint density at radius 3 is 2.49 bits per heavy atom.